The summed E-state index contributed by atoms with van der Waals surface area (Å²) in [4.78, 5) is 20.3. The van der Waals surface area contributed by atoms with Gasteiger partial charge >= 0.3 is 0 Å². The Balaban J connectivity index is 1.74. The van der Waals surface area contributed by atoms with E-state index in [0.29, 0.717) is 27.2 Å². The fraction of sp³-hybridized carbons (Fsp3) is 0.391. The van der Waals surface area contributed by atoms with E-state index in [2.05, 4.69) is 11.5 Å². The molecule has 7 heteroatoms. The predicted molar refractivity (Wildman–Crippen MR) is 124 cm³/mol. The molecule has 30 heavy (non-hydrogen) atoms. The normalized spacial score (nSPS) is 14.5. The van der Waals surface area contributed by atoms with Crippen LogP contribution in [0, 0.1) is 0 Å². The average molecular weight is 465 g/mol. The Labute approximate surface area is 191 Å². The van der Waals surface area contributed by atoms with Gasteiger partial charge in [-0.3, -0.25) is 4.79 Å². The number of hydrogen-bond donors (Lipinski definition) is 0. The highest BCUT2D eigenvalue weighted by molar-refractivity contribution is 6.36. The van der Waals surface area contributed by atoms with E-state index < -0.39 is 0 Å². The van der Waals surface area contributed by atoms with Gasteiger partial charge in [0.1, 0.15) is 5.82 Å². The third-order valence-corrected chi connectivity index (χ3v) is 6.52. The number of carbonyl (C=O) groups is 1. The van der Waals surface area contributed by atoms with Crippen LogP contribution in [-0.4, -0.2) is 26.4 Å². The van der Waals surface area contributed by atoms with Crippen LogP contribution < -0.4 is 0 Å². The molecule has 0 spiro atoms. The zero-order chi connectivity index (χ0) is 21.3. The summed E-state index contributed by atoms with van der Waals surface area (Å²) in [5, 5.41) is 1.58. The maximum absolute atomic E-state index is 13.5. The number of hydrogen-bond acceptors (Lipinski definition) is 2. The van der Waals surface area contributed by atoms with Gasteiger partial charge in [0.25, 0.3) is 5.91 Å². The summed E-state index contributed by atoms with van der Waals surface area (Å²) in [6, 6.07) is 11.0. The van der Waals surface area contributed by atoms with E-state index in [-0.39, 0.29) is 11.9 Å². The van der Waals surface area contributed by atoms with Crippen LogP contribution in [0.3, 0.4) is 0 Å². The summed E-state index contributed by atoms with van der Waals surface area (Å²) in [6.07, 6.45) is 5.21. The summed E-state index contributed by atoms with van der Waals surface area (Å²) >= 11 is 18.7. The molecule has 4 nitrogen and oxygen atoms in total. The number of imidazole rings is 1. The van der Waals surface area contributed by atoms with Crippen molar-refractivity contribution >= 4 is 51.7 Å². The molecule has 0 radical (unpaired) electrons. The minimum Gasteiger partial charge on any atom is -0.328 e. The number of fused-ring (bicyclic) bond motifs is 1. The molecule has 0 aliphatic heterocycles. The molecular weight excluding hydrogens is 441 g/mol. The van der Waals surface area contributed by atoms with Gasteiger partial charge in [-0.15, -0.1) is 0 Å². The molecular formula is C23H24Cl3N3O. The topological polar surface area (TPSA) is 38.1 Å². The Morgan fingerprint density at radius 1 is 1.10 bits per heavy atom. The van der Waals surface area contributed by atoms with E-state index in [1.54, 1.807) is 18.2 Å². The molecule has 0 saturated heterocycles. The Hall–Kier alpha value is -1.75. The van der Waals surface area contributed by atoms with Gasteiger partial charge in [0.15, 0.2) is 0 Å². The highest BCUT2D eigenvalue weighted by Gasteiger charge is 2.30. The van der Waals surface area contributed by atoms with Crippen molar-refractivity contribution in [2.75, 3.05) is 0 Å². The minimum absolute atomic E-state index is 0.0725. The smallest absolute Gasteiger partial charge is 0.256 e. The Morgan fingerprint density at radius 2 is 1.80 bits per heavy atom. The van der Waals surface area contributed by atoms with Crippen LogP contribution in [0.4, 0.5) is 0 Å². The van der Waals surface area contributed by atoms with E-state index in [9.17, 15) is 4.79 Å². The number of rotatable bonds is 6. The lowest BCUT2D eigenvalue weighted by atomic mass is 10.1. The van der Waals surface area contributed by atoms with Crippen LogP contribution in [0.1, 0.15) is 55.2 Å². The van der Waals surface area contributed by atoms with Crippen molar-refractivity contribution in [1.82, 2.24) is 14.5 Å². The molecule has 0 bridgehead atoms. The van der Waals surface area contributed by atoms with Crippen LogP contribution in [0.15, 0.2) is 36.4 Å². The lowest BCUT2D eigenvalue weighted by molar-refractivity contribution is 0.0656. The monoisotopic (exact) mass is 463 g/mol. The van der Waals surface area contributed by atoms with Crippen LogP contribution in [-0.2, 0) is 13.1 Å². The standard InChI is InChI=1S/C23H24Cl3N3O/c1-2-11-28-21-13-16(25)8-10-20(21)27-22(28)14-29(17-5-3-4-6-17)23(30)18-9-7-15(24)12-19(18)26/h7-10,12-13,17H,2-6,11,14H2,1H3. The second-order valence-electron chi connectivity index (χ2n) is 7.81. The molecule has 0 unspecified atom stereocenters. The second kappa shape index (κ2) is 9.17. The van der Waals surface area contributed by atoms with Crippen LogP contribution in [0.5, 0.6) is 0 Å². The fourth-order valence-electron chi connectivity index (χ4n) is 4.29. The van der Waals surface area contributed by atoms with E-state index in [1.165, 1.54) is 0 Å². The van der Waals surface area contributed by atoms with Gasteiger partial charge in [-0.2, -0.15) is 0 Å². The van der Waals surface area contributed by atoms with Gasteiger partial charge in [-0.05, 0) is 55.7 Å². The SMILES string of the molecule is CCCn1c(CN(C(=O)c2ccc(Cl)cc2Cl)C2CCCC2)nc2ccc(Cl)cc21. The van der Waals surface area contributed by atoms with Gasteiger partial charge < -0.3 is 9.47 Å². The molecule has 1 aromatic heterocycles. The number of carbonyl (C=O) groups excluding carboxylic acids is 1. The molecule has 4 rings (SSSR count). The van der Waals surface area contributed by atoms with Gasteiger partial charge in [0.05, 0.1) is 28.2 Å². The highest BCUT2D eigenvalue weighted by atomic mass is 35.5. The third kappa shape index (κ3) is 4.32. The van der Waals surface area contributed by atoms with Crippen molar-refractivity contribution in [3.05, 3.63) is 62.9 Å². The second-order valence-corrected chi connectivity index (χ2v) is 9.09. The largest absolute Gasteiger partial charge is 0.328 e. The molecule has 1 aliphatic carbocycles. The fourth-order valence-corrected chi connectivity index (χ4v) is 4.95. The van der Waals surface area contributed by atoms with Crippen LogP contribution >= 0.6 is 34.8 Å². The zero-order valence-electron chi connectivity index (χ0n) is 16.9. The van der Waals surface area contributed by atoms with Crippen molar-refractivity contribution in [3.8, 4) is 0 Å². The minimum atomic E-state index is -0.0725. The Bertz CT molecular complexity index is 1070. The summed E-state index contributed by atoms with van der Waals surface area (Å²) in [5.41, 5.74) is 2.38. The maximum atomic E-state index is 13.5. The van der Waals surface area contributed by atoms with Crippen LogP contribution in [0.25, 0.3) is 11.0 Å². The van der Waals surface area contributed by atoms with E-state index >= 15 is 0 Å². The first kappa shape index (κ1) is 21.5. The van der Waals surface area contributed by atoms with E-state index in [1.807, 2.05) is 23.1 Å². The lowest BCUT2D eigenvalue weighted by Crippen LogP contribution is -2.39. The van der Waals surface area contributed by atoms with Gasteiger partial charge in [0, 0.05) is 22.6 Å². The summed E-state index contributed by atoms with van der Waals surface area (Å²) < 4.78 is 2.18. The molecule has 0 N–H and O–H groups in total. The van der Waals surface area contributed by atoms with Crippen molar-refractivity contribution in [3.63, 3.8) is 0 Å². The molecule has 0 atom stereocenters. The van der Waals surface area contributed by atoms with Gasteiger partial charge in [0.2, 0.25) is 0 Å². The number of nitrogens with zero attached hydrogens (tertiary/aromatic N) is 3. The molecule has 3 aromatic rings. The molecule has 158 valence electrons. The summed E-state index contributed by atoms with van der Waals surface area (Å²) in [5.74, 6) is 0.802. The van der Waals surface area contributed by atoms with Crippen LogP contribution in [0.2, 0.25) is 15.1 Å². The molecule has 2 aromatic carbocycles. The zero-order valence-corrected chi connectivity index (χ0v) is 19.1. The van der Waals surface area contributed by atoms with Crippen molar-refractivity contribution in [2.24, 2.45) is 0 Å². The maximum Gasteiger partial charge on any atom is 0.256 e. The molecule has 1 amide bonds. The first-order valence-corrected chi connectivity index (χ1v) is 11.5. The first-order valence-electron chi connectivity index (χ1n) is 10.4. The number of aryl methyl sites for hydroxylation is 1. The van der Waals surface area contributed by atoms with Crippen molar-refractivity contribution in [2.45, 2.75) is 58.2 Å². The molecule has 1 fully saturated rings. The Morgan fingerprint density at radius 3 is 2.50 bits per heavy atom. The average Bonchev–Trinajstić information content (AvgIpc) is 3.35. The van der Waals surface area contributed by atoms with E-state index in [4.69, 9.17) is 39.8 Å². The van der Waals surface area contributed by atoms with Crippen molar-refractivity contribution < 1.29 is 4.79 Å². The summed E-state index contributed by atoms with van der Waals surface area (Å²) in [7, 11) is 0. The summed E-state index contributed by atoms with van der Waals surface area (Å²) in [6.45, 7) is 3.39. The molecule has 1 heterocycles. The lowest BCUT2D eigenvalue weighted by Gasteiger charge is -2.29. The van der Waals surface area contributed by atoms with Crippen molar-refractivity contribution in [1.29, 1.82) is 0 Å². The van der Waals surface area contributed by atoms with Gasteiger partial charge in [-0.25, -0.2) is 4.98 Å². The first-order chi connectivity index (χ1) is 14.5. The number of amides is 1. The molecule has 1 aliphatic rings. The predicted octanol–water partition coefficient (Wildman–Crippen LogP) is 6.99. The third-order valence-electron chi connectivity index (χ3n) is 5.74. The van der Waals surface area contributed by atoms with Gasteiger partial charge in [-0.1, -0.05) is 54.6 Å². The highest BCUT2D eigenvalue weighted by Crippen LogP contribution is 2.30. The number of halogens is 3. The Kier molecular flexibility index (Phi) is 6.57. The molecule has 1 saturated carbocycles. The number of benzene rings is 2. The van der Waals surface area contributed by atoms with E-state index in [0.717, 1.165) is 55.5 Å². The quantitative estimate of drug-likeness (QED) is 0.394. The number of aromatic nitrogens is 2.